The molecule has 1 aromatic carbocycles. The molecule has 0 aliphatic carbocycles. The second kappa shape index (κ2) is 7.87. The second-order valence-electron chi connectivity index (χ2n) is 7.60. The van der Waals surface area contributed by atoms with Crippen molar-refractivity contribution in [2.45, 2.75) is 32.7 Å². The summed E-state index contributed by atoms with van der Waals surface area (Å²) in [5.41, 5.74) is 3.95. The molecule has 4 aromatic heterocycles. The number of rotatable bonds is 7. The maximum absolute atomic E-state index is 4.92. The zero-order chi connectivity index (χ0) is 20.5. The predicted molar refractivity (Wildman–Crippen MR) is 122 cm³/mol. The van der Waals surface area contributed by atoms with Crippen molar-refractivity contribution < 1.29 is 0 Å². The highest BCUT2D eigenvalue weighted by atomic mass is 32.1. The molecule has 0 fully saturated rings. The van der Waals surface area contributed by atoms with E-state index in [4.69, 9.17) is 9.97 Å². The van der Waals surface area contributed by atoms with Crippen LogP contribution in [0, 0.1) is 0 Å². The quantitative estimate of drug-likeness (QED) is 0.362. The van der Waals surface area contributed by atoms with E-state index in [2.05, 4.69) is 68.6 Å². The van der Waals surface area contributed by atoms with Gasteiger partial charge in [0.2, 0.25) is 0 Å². The third-order valence-electron chi connectivity index (χ3n) is 5.19. The fraction of sp³-hybridized carbons (Fsp3) is 0.273. The van der Waals surface area contributed by atoms with Gasteiger partial charge in [-0.25, -0.2) is 15.0 Å². The Hall–Kier alpha value is -3.26. The van der Waals surface area contributed by atoms with E-state index in [9.17, 15) is 0 Å². The lowest BCUT2D eigenvalue weighted by molar-refractivity contribution is 0.613. The Morgan fingerprint density at radius 2 is 2.10 bits per heavy atom. The topological polar surface area (TPSA) is 84.3 Å². The van der Waals surface area contributed by atoms with Gasteiger partial charge in [-0.3, -0.25) is 5.10 Å². The molecule has 5 aromatic rings. The molecule has 5 rings (SSSR count). The number of thiophene rings is 1. The SMILES string of the molecule is CC(C)n1cnc2c(NCCCc3cn[nH]c3)nc(-c3csc4ccccc34)nc21. The van der Waals surface area contributed by atoms with E-state index in [1.807, 2.05) is 18.7 Å². The van der Waals surface area contributed by atoms with Crippen molar-refractivity contribution in [2.24, 2.45) is 0 Å². The predicted octanol–water partition coefficient (Wildman–Crippen LogP) is 5.06. The molecule has 0 saturated heterocycles. The summed E-state index contributed by atoms with van der Waals surface area (Å²) < 4.78 is 3.34. The van der Waals surface area contributed by atoms with Crippen molar-refractivity contribution in [3.63, 3.8) is 0 Å². The number of hydrogen-bond acceptors (Lipinski definition) is 6. The summed E-state index contributed by atoms with van der Waals surface area (Å²) in [4.78, 5) is 14.4. The van der Waals surface area contributed by atoms with Gasteiger partial charge in [0.1, 0.15) is 5.52 Å². The Bertz CT molecular complexity index is 1280. The number of nitrogens with zero attached hydrogens (tertiary/aromatic N) is 5. The van der Waals surface area contributed by atoms with Crippen LogP contribution in [0.1, 0.15) is 31.9 Å². The summed E-state index contributed by atoms with van der Waals surface area (Å²) in [6.07, 6.45) is 7.60. The van der Waals surface area contributed by atoms with Gasteiger partial charge in [-0.05, 0) is 38.3 Å². The van der Waals surface area contributed by atoms with Crippen molar-refractivity contribution in [3.8, 4) is 11.4 Å². The number of nitrogens with one attached hydrogen (secondary N) is 2. The van der Waals surface area contributed by atoms with Crippen molar-refractivity contribution in [1.29, 1.82) is 0 Å². The summed E-state index contributed by atoms with van der Waals surface area (Å²) in [6.45, 7) is 5.08. The fourth-order valence-corrected chi connectivity index (χ4v) is 4.54. The minimum absolute atomic E-state index is 0.269. The lowest BCUT2D eigenvalue weighted by Crippen LogP contribution is -2.08. The monoisotopic (exact) mass is 417 g/mol. The third-order valence-corrected chi connectivity index (χ3v) is 6.15. The first-order valence-electron chi connectivity index (χ1n) is 10.1. The van der Waals surface area contributed by atoms with Crippen LogP contribution >= 0.6 is 11.3 Å². The van der Waals surface area contributed by atoms with Crippen molar-refractivity contribution in [3.05, 3.63) is 53.9 Å². The fourth-order valence-electron chi connectivity index (χ4n) is 3.60. The molecule has 0 amide bonds. The zero-order valence-electron chi connectivity index (χ0n) is 17.0. The Labute approximate surface area is 178 Å². The van der Waals surface area contributed by atoms with E-state index in [1.165, 1.54) is 15.6 Å². The van der Waals surface area contributed by atoms with Crippen LogP contribution in [0.25, 0.3) is 32.6 Å². The number of fused-ring (bicyclic) bond motifs is 2. The lowest BCUT2D eigenvalue weighted by atomic mass is 10.1. The zero-order valence-corrected chi connectivity index (χ0v) is 17.8. The molecule has 0 bridgehead atoms. The molecule has 7 nitrogen and oxygen atoms in total. The van der Waals surface area contributed by atoms with E-state index in [1.54, 1.807) is 11.3 Å². The number of aromatic nitrogens is 6. The first kappa shape index (κ1) is 18.7. The van der Waals surface area contributed by atoms with Gasteiger partial charge >= 0.3 is 0 Å². The molecule has 0 spiro atoms. The van der Waals surface area contributed by atoms with Gasteiger partial charge in [-0.15, -0.1) is 11.3 Å². The Balaban J connectivity index is 1.52. The molecule has 0 radical (unpaired) electrons. The van der Waals surface area contributed by atoms with Gasteiger partial charge in [-0.1, -0.05) is 18.2 Å². The minimum atomic E-state index is 0.269. The Morgan fingerprint density at radius 1 is 1.20 bits per heavy atom. The highest BCUT2D eigenvalue weighted by Crippen LogP contribution is 2.34. The molecule has 8 heteroatoms. The average molecular weight is 418 g/mol. The highest BCUT2D eigenvalue weighted by Gasteiger charge is 2.17. The van der Waals surface area contributed by atoms with Crippen LogP contribution < -0.4 is 5.32 Å². The summed E-state index contributed by atoms with van der Waals surface area (Å²) in [5, 5.41) is 13.7. The normalized spacial score (nSPS) is 11.7. The summed E-state index contributed by atoms with van der Waals surface area (Å²) >= 11 is 1.72. The van der Waals surface area contributed by atoms with Gasteiger partial charge in [0, 0.05) is 39.8 Å². The Morgan fingerprint density at radius 3 is 2.93 bits per heavy atom. The van der Waals surface area contributed by atoms with Crippen LogP contribution in [0.4, 0.5) is 5.82 Å². The number of imidazole rings is 1. The molecule has 4 heterocycles. The van der Waals surface area contributed by atoms with Crippen LogP contribution in [0.3, 0.4) is 0 Å². The van der Waals surface area contributed by atoms with Gasteiger partial charge in [0.05, 0.1) is 12.5 Å². The molecule has 2 N–H and O–H groups in total. The van der Waals surface area contributed by atoms with E-state index >= 15 is 0 Å². The molecule has 30 heavy (non-hydrogen) atoms. The summed E-state index contributed by atoms with van der Waals surface area (Å²) in [6, 6.07) is 8.66. The number of aromatic amines is 1. The number of benzene rings is 1. The van der Waals surface area contributed by atoms with Crippen LogP contribution in [-0.2, 0) is 6.42 Å². The number of hydrogen-bond donors (Lipinski definition) is 2. The Kier molecular flexibility index (Phi) is 4.92. The van der Waals surface area contributed by atoms with Gasteiger partial charge in [0.15, 0.2) is 17.3 Å². The number of aryl methyl sites for hydroxylation is 1. The smallest absolute Gasteiger partial charge is 0.166 e. The van der Waals surface area contributed by atoms with Crippen molar-refractivity contribution >= 4 is 38.4 Å². The standard InChI is InChI=1S/C22H23N7S/c1-14(2)29-13-24-19-21(23-9-5-6-15-10-25-26-11-15)27-20(28-22(19)29)17-12-30-18-8-4-3-7-16(17)18/h3-4,7-8,10-14H,5-6,9H2,1-2H3,(H,25,26)(H,23,27,28). The van der Waals surface area contributed by atoms with E-state index in [-0.39, 0.29) is 6.04 Å². The molecular weight excluding hydrogens is 394 g/mol. The van der Waals surface area contributed by atoms with Crippen molar-refractivity contribution in [2.75, 3.05) is 11.9 Å². The highest BCUT2D eigenvalue weighted by molar-refractivity contribution is 7.17. The first-order valence-corrected chi connectivity index (χ1v) is 11.0. The third kappa shape index (κ3) is 3.43. The van der Waals surface area contributed by atoms with Crippen LogP contribution in [-0.4, -0.2) is 36.3 Å². The molecule has 0 aliphatic rings. The molecule has 152 valence electrons. The molecule has 0 saturated carbocycles. The number of H-pyrrole nitrogens is 1. The molecule has 0 aliphatic heterocycles. The first-order chi connectivity index (χ1) is 14.7. The maximum Gasteiger partial charge on any atom is 0.166 e. The summed E-state index contributed by atoms with van der Waals surface area (Å²) in [5.74, 6) is 1.52. The molecular formula is C22H23N7S. The van der Waals surface area contributed by atoms with Crippen LogP contribution in [0.15, 0.2) is 48.4 Å². The van der Waals surface area contributed by atoms with Gasteiger partial charge in [-0.2, -0.15) is 5.10 Å². The van der Waals surface area contributed by atoms with Gasteiger partial charge in [0.25, 0.3) is 0 Å². The molecule has 0 atom stereocenters. The number of anilines is 1. The summed E-state index contributed by atoms with van der Waals surface area (Å²) in [7, 11) is 0. The van der Waals surface area contributed by atoms with E-state index < -0.39 is 0 Å². The van der Waals surface area contributed by atoms with E-state index in [0.29, 0.717) is 0 Å². The average Bonchev–Trinajstić information content (AvgIpc) is 3.50. The largest absolute Gasteiger partial charge is 0.368 e. The van der Waals surface area contributed by atoms with Gasteiger partial charge < -0.3 is 9.88 Å². The second-order valence-corrected chi connectivity index (χ2v) is 8.51. The van der Waals surface area contributed by atoms with Crippen molar-refractivity contribution in [1.82, 2.24) is 29.7 Å². The van der Waals surface area contributed by atoms with Crippen LogP contribution in [0.5, 0.6) is 0 Å². The molecule has 0 unspecified atom stereocenters. The van der Waals surface area contributed by atoms with E-state index in [0.717, 1.165) is 47.8 Å². The lowest BCUT2D eigenvalue weighted by Gasteiger charge is -2.11. The maximum atomic E-state index is 4.92. The minimum Gasteiger partial charge on any atom is -0.368 e. The van der Waals surface area contributed by atoms with Crippen LogP contribution in [0.2, 0.25) is 0 Å².